The van der Waals surface area contributed by atoms with E-state index in [1.807, 2.05) is 24.3 Å². The van der Waals surface area contributed by atoms with Crippen molar-refractivity contribution in [2.24, 2.45) is 0 Å². The second-order valence-electron chi connectivity index (χ2n) is 7.02. The van der Waals surface area contributed by atoms with E-state index in [2.05, 4.69) is 27.2 Å². The zero-order valence-corrected chi connectivity index (χ0v) is 16.0. The third-order valence-electron chi connectivity index (χ3n) is 5.03. The van der Waals surface area contributed by atoms with Crippen LogP contribution in [-0.2, 0) is 11.3 Å². The summed E-state index contributed by atoms with van der Waals surface area (Å²) in [6, 6.07) is 13.6. The number of hydrogen-bond acceptors (Lipinski definition) is 6. The molecule has 0 aromatic heterocycles. The maximum Gasteiger partial charge on any atom is 0.238 e. The van der Waals surface area contributed by atoms with Gasteiger partial charge in [-0.15, -0.1) is 0 Å². The summed E-state index contributed by atoms with van der Waals surface area (Å²) in [5, 5.41) is 2.94. The van der Waals surface area contributed by atoms with E-state index in [4.69, 9.17) is 14.2 Å². The molecule has 1 fully saturated rings. The first-order valence-corrected chi connectivity index (χ1v) is 9.47. The minimum atomic E-state index is -0.0138. The van der Waals surface area contributed by atoms with Crippen molar-refractivity contribution in [2.45, 2.75) is 6.54 Å². The second-order valence-corrected chi connectivity index (χ2v) is 7.02. The van der Waals surface area contributed by atoms with E-state index in [1.165, 1.54) is 5.56 Å². The Hall–Kier alpha value is -2.77. The fourth-order valence-electron chi connectivity index (χ4n) is 3.51. The fourth-order valence-corrected chi connectivity index (χ4v) is 3.51. The molecule has 2 aromatic rings. The number of rotatable bonds is 6. The van der Waals surface area contributed by atoms with Gasteiger partial charge in [-0.05, 0) is 29.8 Å². The molecule has 0 aliphatic carbocycles. The highest BCUT2D eigenvalue weighted by Gasteiger charge is 2.20. The number of fused-ring (bicyclic) bond motifs is 1. The molecule has 0 unspecified atom stereocenters. The molecule has 2 aromatic carbocycles. The lowest BCUT2D eigenvalue weighted by Crippen LogP contribution is -2.48. The highest BCUT2D eigenvalue weighted by atomic mass is 16.7. The van der Waals surface area contributed by atoms with Crippen LogP contribution in [0.25, 0.3) is 0 Å². The molecular formula is C21H25N3O4. The van der Waals surface area contributed by atoms with Gasteiger partial charge < -0.3 is 19.5 Å². The Balaban J connectivity index is 1.23. The van der Waals surface area contributed by atoms with Crippen LogP contribution >= 0.6 is 0 Å². The molecule has 0 radical (unpaired) electrons. The standard InChI is InChI=1S/C21H25N3O4/c1-26-18-4-2-3-16(11-18)13-23-7-9-24(10-8-23)14-21(25)22-17-5-6-19-20(12-17)28-15-27-19/h2-6,11-12H,7-10,13-15H2,1H3,(H,22,25). The third-order valence-corrected chi connectivity index (χ3v) is 5.03. The first-order valence-electron chi connectivity index (χ1n) is 9.47. The highest BCUT2D eigenvalue weighted by Crippen LogP contribution is 2.34. The molecule has 7 nitrogen and oxygen atoms in total. The molecule has 28 heavy (non-hydrogen) atoms. The van der Waals surface area contributed by atoms with E-state index < -0.39 is 0 Å². The predicted octanol–water partition coefficient (Wildman–Crippen LogP) is 2.18. The molecule has 4 rings (SSSR count). The van der Waals surface area contributed by atoms with Gasteiger partial charge in [-0.1, -0.05) is 12.1 Å². The lowest BCUT2D eigenvalue weighted by Gasteiger charge is -2.34. The molecule has 1 N–H and O–H groups in total. The quantitative estimate of drug-likeness (QED) is 0.825. The van der Waals surface area contributed by atoms with E-state index in [-0.39, 0.29) is 12.7 Å². The van der Waals surface area contributed by atoms with Crippen molar-refractivity contribution in [2.75, 3.05) is 51.9 Å². The maximum absolute atomic E-state index is 12.4. The minimum absolute atomic E-state index is 0.0138. The number of benzene rings is 2. The summed E-state index contributed by atoms with van der Waals surface area (Å²) in [5.41, 5.74) is 1.97. The molecule has 0 saturated carbocycles. The number of anilines is 1. The van der Waals surface area contributed by atoms with Gasteiger partial charge in [0.25, 0.3) is 0 Å². The lowest BCUT2D eigenvalue weighted by molar-refractivity contribution is -0.117. The Bertz CT molecular complexity index is 834. The minimum Gasteiger partial charge on any atom is -0.497 e. The summed E-state index contributed by atoms with van der Waals surface area (Å²) >= 11 is 0. The van der Waals surface area contributed by atoms with Crippen LogP contribution in [0.15, 0.2) is 42.5 Å². The zero-order chi connectivity index (χ0) is 19.3. The van der Waals surface area contributed by atoms with Crippen LogP contribution in [0, 0.1) is 0 Å². The normalized spacial score (nSPS) is 16.8. The molecule has 7 heteroatoms. The van der Waals surface area contributed by atoms with Crippen LogP contribution in [0.2, 0.25) is 0 Å². The maximum atomic E-state index is 12.4. The molecule has 1 saturated heterocycles. The molecule has 2 heterocycles. The number of nitrogens with one attached hydrogen (secondary N) is 1. The van der Waals surface area contributed by atoms with Crippen molar-refractivity contribution >= 4 is 11.6 Å². The number of piperazine rings is 1. The summed E-state index contributed by atoms with van der Waals surface area (Å²) in [6.07, 6.45) is 0. The monoisotopic (exact) mass is 383 g/mol. The first kappa shape index (κ1) is 18.6. The van der Waals surface area contributed by atoms with E-state index in [9.17, 15) is 4.79 Å². The van der Waals surface area contributed by atoms with Crippen LogP contribution in [0.4, 0.5) is 5.69 Å². The average molecular weight is 383 g/mol. The Kier molecular flexibility index (Phi) is 5.64. The van der Waals surface area contributed by atoms with Crippen LogP contribution < -0.4 is 19.5 Å². The van der Waals surface area contributed by atoms with Gasteiger partial charge in [0.2, 0.25) is 12.7 Å². The predicted molar refractivity (Wildman–Crippen MR) is 106 cm³/mol. The summed E-state index contributed by atoms with van der Waals surface area (Å²) in [5.74, 6) is 2.26. The number of ether oxygens (including phenoxy) is 3. The van der Waals surface area contributed by atoms with E-state index in [1.54, 1.807) is 13.2 Å². The topological polar surface area (TPSA) is 63.3 Å². The highest BCUT2D eigenvalue weighted by molar-refractivity contribution is 5.92. The number of carbonyl (C=O) groups is 1. The van der Waals surface area contributed by atoms with Crippen molar-refractivity contribution in [3.05, 3.63) is 48.0 Å². The van der Waals surface area contributed by atoms with Crippen LogP contribution in [0.5, 0.6) is 17.2 Å². The summed E-state index contributed by atoms with van der Waals surface area (Å²) in [4.78, 5) is 17.0. The van der Waals surface area contributed by atoms with Gasteiger partial charge in [-0.3, -0.25) is 14.6 Å². The Morgan fingerprint density at radius 2 is 1.82 bits per heavy atom. The molecule has 2 aliphatic rings. The van der Waals surface area contributed by atoms with Crippen molar-refractivity contribution in [1.82, 2.24) is 9.80 Å². The van der Waals surface area contributed by atoms with Gasteiger partial charge in [0.05, 0.1) is 13.7 Å². The smallest absolute Gasteiger partial charge is 0.238 e. The molecule has 1 amide bonds. The number of methoxy groups -OCH3 is 1. The number of amides is 1. The van der Waals surface area contributed by atoms with Crippen molar-refractivity contribution in [1.29, 1.82) is 0 Å². The zero-order valence-electron chi connectivity index (χ0n) is 16.0. The Morgan fingerprint density at radius 1 is 1.04 bits per heavy atom. The molecule has 2 aliphatic heterocycles. The first-order chi connectivity index (χ1) is 13.7. The van der Waals surface area contributed by atoms with Crippen LogP contribution in [0.3, 0.4) is 0 Å². The fraction of sp³-hybridized carbons (Fsp3) is 0.381. The molecule has 0 bridgehead atoms. The van der Waals surface area contributed by atoms with Crippen molar-refractivity contribution in [3.8, 4) is 17.2 Å². The lowest BCUT2D eigenvalue weighted by atomic mass is 10.2. The molecule has 148 valence electrons. The van der Waals surface area contributed by atoms with Gasteiger partial charge >= 0.3 is 0 Å². The summed E-state index contributed by atoms with van der Waals surface area (Å²) < 4.78 is 15.9. The van der Waals surface area contributed by atoms with Crippen molar-refractivity contribution in [3.63, 3.8) is 0 Å². The Labute approximate surface area is 164 Å². The van der Waals surface area contributed by atoms with Gasteiger partial charge in [0.15, 0.2) is 11.5 Å². The molecule has 0 atom stereocenters. The second kappa shape index (κ2) is 8.50. The number of carbonyl (C=O) groups excluding carboxylic acids is 1. The third kappa shape index (κ3) is 4.55. The number of nitrogens with zero attached hydrogens (tertiary/aromatic N) is 2. The van der Waals surface area contributed by atoms with Gasteiger partial charge in [0, 0.05) is 44.5 Å². The largest absolute Gasteiger partial charge is 0.497 e. The van der Waals surface area contributed by atoms with Crippen molar-refractivity contribution < 1.29 is 19.0 Å². The van der Waals surface area contributed by atoms with Gasteiger partial charge in [0.1, 0.15) is 5.75 Å². The average Bonchev–Trinajstić information content (AvgIpc) is 3.17. The SMILES string of the molecule is COc1cccc(CN2CCN(CC(=O)Nc3ccc4c(c3)OCO4)CC2)c1. The van der Waals surface area contributed by atoms with E-state index in [0.29, 0.717) is 18.0 Å². The molecule has 0 spiro atoms. The van der Waals surface area contributed by atoms with Crippen LogP contribution in [-0.4, -0.2) is 62.3 Å². The van der Waals surface area contributed by atoms with Gasteiger partial charge in [-0.2, -0.15) is 0 Å². The van der Waals surface area contributed by atoms with Gasteiger partial charge in [-0.25, -0.2) is 0 Å². The molecular weight excluding hydrogens is 358 g/mol. The van der Waals surface area contributed by atoms with E-state index in [0.717, 1.165) is 44.2 Å². The summed E-state index contributed by atoms with van der Waals surface area (Å²) in [6.45, 7) is 5.14. The number of hydrogen-bond donors (Lipinski definition) is 1. The summed E-state index contributed by atoms with van der Waals surface area (Å²) in [7, 11) is 1.69. The van der Waals surface area contributed by atoms with E-state index >= 15 is 0 Å². The van der Waals surface area contributed by atoms with Crippen LogP contribution in [0.1, 0.15) is 5.56 Å². The Morgan fingerprint density at radius 3 is 2.64 bits per heavy atom.